The standard InChI is InChI=1S/C12H27NO/c1-4-5-6-7-8-9-14-12(3)10-11(2)13/h11-12H,4-10,13H2,1-3H3. The van der Waals surface area contributed by atoms with Crippen molar-refractivity contribution in [2.24, 2.45) is 5.73 Å². The van der Waals surface area contributed by atoms with Gasteiger partial charge < -0.3 is 10.5 Å². The molecule has 2 atom stereocenters. The summed E-state index contributed by atoms with van der Waals surface area (Å²) >= 11 is 0. The summed E-state index contributed by atoms with van der Waals surface area (Å²) in [6, 6.07) is 0.255. The predicted octanol–water partition coefficient (Wildman–Crippen LogP) is 3.10. The van der Waals surface area contributed by atoms with Gasteiger partial charge in [-0.05, 0) is 26.7 Å². The molecule has 0 fully saturated rings. The lowest BCUT2D eigenvalue weighted by atomic mass is 10.1. The lowest BCUT2D eigenvalue weighted by Gasteiger charge is -2.14. The zero-order valence-corrected chi connectivity index (χ0v) is 10.1. The van der Waals surface area contributed by atoms with Crippen LogP contribution in [0.25, 0.3) is 0 Å². The first-order valence-corrected chi connectivity index (χ1v) is 6.04. The zero-order valence-electron chi connectivity index (χ0n) is 10.1. The highest BCUT2D eigenvalue weighted by Crippen LogP contribution is 2.05. The van der Waals surface area contributed by atoms with Crippen molar-refractivity contribution in [2.75, 3.05) is 6.61 Å². The van der Waals surface area contributed by atoms with Gasteiger partial charge in [0.05, 0.1) is 6.10 Å². The summed E-state index contributed by atoms with van der Waals surface area (Å²) in [5.74, 6) is 0. The molecule has 0 aliphatic rings. The number of nitrogens with two attached hydrogens (primary N) is 1. The molecule has 0 aromatic rings. The molecule has 0 rings (SSSR count). The topological polar surface area (TPSA) is 35.2 Å². The Bertz CT molecular complexity index is 115. The largest absolute Gasteiger partial charge is 0.378 e. The second-order valence-electron chi connectivity index (χ2n) is 4.31. The summed E-state index contributed by atoms with van der Waals surface area (Å²) in [6.07, 6.45) is 7.80. The van der Waals surface area contributed by atoms with Crippen LogP contribution < -0.4 is 5.73 Å². The third-order valence-corrected chi connectivity index (χ3v) is 2.35. The highest BCUT2D eigenvalue weighted by molar-refractivity contribution is 4.59. The smallest absolute Gasteiger partial charge is 0.0561 e. The Labute approximate surface area is 89.2 Å². The Morgan fingerprint density at radius 3 is 2.29 bits per heavy atom. The fourth-order valence-electron chi connectivity index (χ4n) is 1.58. The fourth-order valence-corrected chi connectivity index (χ4v) is 1.58. The Balaban J connectivity index is 3.10. The van der Waals surface area contributed by atoms with Crippen LogP contribution in [-0.2, 0) is 4.74 Å². The first-order valence-electron chi connectivity index (χ1n) is 6.04. The summed E-state index contributed by atoms with van der Waals surface area (Å²) < 4.78 is 5.65. The maximum absolute atomic E-state index is 5.68. The third-order valence-electron chi connectivity index (χ3n) is 2.35. The lowest BCUT2D eigenvalue weighted by molar-refractivity contribution is 0.0541. The number of ether oxygens (including phenoxy) is 1. The van der Waals surface area contributed by atoms with Gasteiger partial charge in [-0.2, -0.15) is 0 Å². The normalized spacial score (nSPS) is 15.4. The summed E-state index contributed by atoms with van der Waals surface area (Å²) in [5.41, 5.74) is 5.68. The van der Waals surface area contributed by atoms with Crippen LogP contribution in [0.15, 0.2) is 0 Å². The molecule has 0 aliphatic carbocycles. The van der Waals surface area contributed by atoms with Crippen molar-refractivity contribution in [2.45, 2.75) is 71.4 Å². The molecule has 0 aromatic heterocycles. The third kappa shape index (κ3) is 10.0. The van der Waals surface area contributed by atoms with Crippen LogP contribution in [0, 0.1) is 0 Å². The quantitative estimate of drug-likeness (QED) is 0.582. The average Bonchev–Trinajstić information content (AvgIpc) is 2.10. The van der Waals surface area contributed by atoms with Crippen LogP contribution in [0.5, 0.6) is 0 Å². The van der Waals surface area contributed by atoms with Crippen LogP contribution in [0.3, 0.4) is 0 Å². The van der Waals surface area contributed by atoms with E-state index in [1.54, 1.807) is 0 Å². The van der Waals surface area contributed by atoms with E-state index in [1.165, 1.54) is 32.1 Å². The van der Waals surface area contributed by atoms with E-state index in [-0.39, 0.29) is 6.04 Å². The van der Waals surface area contributed by atoms with Gasteiger partial charge in [0.25, 0.3) is 0 Å². The van der Waals surface area contributed by atoms with Crippen molar-refractivity contribution in [3.05, 3.63) is 0 Å². The molecule has 0 heterocycles. The molecule has 0 spiro atoms. The molecule has 2 heteroatoms. The first kappa shape index (κ1) is 13.9. The Morgan fingerprint density at radius 2 is 1.71 bits per heavy atom. The van der Waals surface area contributed by atoms with Gasteiger partial charge >= 0.3 is 0 Å². The summed E-state index contributed by atoms with van der Waals surface area (Å²) in [5, 5.41) is 0. The molecule has 0 radical (unpaired) electrons. The summed E-state index contributed by atoms with van der Waals surface area (Å²) in [7, 11) is 0. The molecule has 2 unspecified atom stereocenters. The van der Waals surface area contributed by atoms with Gasteiger partial charge in [0.15, 0.2) is 0 Å². The molecule has 0 bridgehead atoms. The van der Waals surface area contributed by atoms with E-state index in [9.17, 15) is 0 Å². The maximum atomic E-state index is 5.68. The molecule has 0 aromatic carbocycles. The number of hydrogen-bond donors (Lipinski definition) is 1. The summed E-state index contributed by atoms with van der Waals surface area (Å²) in [4.78, 5) is 0. The van der Waals surface area contributed by atoms with Gasteiger partial charge in [0.1, 0.15) is 0 Å². The maximum Gasteiger partial charge on any atom is 0.0561 e. The highest BCUT2D eigenvalue weighted by Gasteiger charge is 2.04. The van der Waals surface area contributed by atoms with Gasteiger partial charge in [-0.15, -0.1) is 0 Å². The Morgan fingerprint density at radius 1 is 1.07 bits per heavy atom. The molecule has 0 aliphatic heterocycles. The van der Waals surface area contributed by atoms with E-state index in [2.05, 4.69) is 13.8 Å². The van der Waals surface area contributed by atoms with Gasteiger partial charge in [-0.25, -0.2) is 0 Å². The molecular formula is C12H27NO. The molecule has 86 valence electrons. The minimum Gasteiger partial charge on any atom is -0.378 e. The average molecular weight is 201 g/mol. The van der Waals surface area contributed by atoms with Crippen LogP contribution in [0.1, 0.15) is 59.3 Å². The van der Waals surface area contributed by atoms with Crippen molar-refractivity contribution in [1.82, 2.24) is 0 Å². The van der Waals surface area contributed by atoms with E-state index in [1.807, 2.05) is 6.92 Å². The minimum atomic E-state index is 0.255. The second-order valence-corrected chi connectivity index (χ2v) is 4.31. The van der Waals surface area contributed by atoms with E-state index in [0.29, 0.717) is 6.10 Å². The van der Waals surface area contributed by atoms with Crippen LogP contribution in [0.2, 0.25) is 0 Å². The number of rotatable bonds is 9. The van der Waals surface area contributed by atoms with E-state index in [4.69, 9.17) is 10.5 Å². The van der Waals surface area contributed by atoms with Crippen molar-refractivity contribution >= 4 is 0 Å². The molecule has 14 heavy (non-hydrogen) atoms. The molecule has 0 saturated heterocycles. The minimum absolute atomic E-state index is 0.255. The molecule has 0 amide bonds. The predicted molar refractivity (Wildman–Crippen MR) is 62.4 cm³/mol. The van der Waals surface area contributed by atoms with Crippen LogP contribution in [0.4, 0.5) is 0 Å². The van der Waals surface area contributed by atoms with Crippen LogP contribution >= 0.6 is 0 Å². The van der Waals surface area contributed by atoms with E-state index in [0.717, 1.165) is 13.0 Å². The second kappa shape index (κ2) is 9.47. The SMILES string of the molecule is CCCCCCCOC(C)CC(C)N. The Kier molecular flexibility index (Phi) is 9.42. The molecular weight excluding hydrogens is 174 g/mol. The van der Waals surface area contributed by atoms with Gasteiger partial charge in [0.2, 0.25) is 0 Å². The zero-order chi connectivity index (χ0) is 10.8. The monoisotopic (exact) mass is 201 g/mol. The molecule has 0 saturated carbocycles. The van der Waals surface area contributed by atoms with E-state index >= 15 is 0 Å². The lowest BCUT2D eigenvalue weighted by Crippen LogP contribution is -2.23. The van der Waals surface area contributed by atoms with Crippen molar-refractivity contribution in [3.8, 4) is 0 Å². The fraction of sp³-hybridized carbons (Fsp3) is 1.00. The van der Waals surface area contributed by atoms with E-state index < -0.39 is 0 Å². The summed E-state index contributed by atoms with van der Waals surface area (Å²) in [6.45, 7) is 7.27. The molecule has 2 nitrogen and oxygen atoms in total. The first-order chi connectivity index (χ1) is 6.66. The number of hydrogen-bond acceptors (Lipinski definition) is 2. The van der Waals surface area contributed by atoms with Crippen molar-refractivity contribution in [1.29, 1.82) is 0 Å². The Hall–Kier alpha value is -0.0800. The highest BCUT2D eigenvalue weighted by atomic mass is 16.5. The van der Waals surface area contributed by atoms with Crippen molar-refractivity contribution < 1.29 is 4.74 Å². The van der Waals surface area contributed by atoms with Crippen LogP contribution in [-0.4, -0.2) is 18.8 Å². The molecule has 2 N–H and O–H groups in total. The number of unbranched alkanes of at least 4 members (excludes halogenated alkanes) is 4. The van der Waals surface area contributed by atoms with Gasteiger partial charge in [0, 0.05) is 12.6 Å². The van der Waals surface area contributed by atoms with Gasteiger partial charge in [-0.1, -0.05) is 32.6 Å². The van der Waals surface area contributed by atoms with Gasteiger partial charge in [-0.3, -0.25) is 0 Å². The van der Waals surface area contributed by atoms with Crippen molar-refractivity contribution in [3.63, 3.8) is 0 Å².